The number of hydrogen-bond donors (Lipinski definition) is 2. The molecule has 0 radical (unpaired) electrons. The molecule has 2 aromatic rings. The third kappa shape index (κ3) is 6.24. The molecule has 1 aliphatic carbocycles. The fourth-order valence-electron chi connectivity index (χ4n) is 2.93. The first kappa shape index (κ1) is 20.7. The van der Waals surface area contributed by atoms with Crippen molar-refractivity contribution >= 4 is 39.8 Å². The third-order valence-electron chi connectivity index (χ3n) is 4.52. The number of nitrogens with one attached hydrogen (secondary N) is 2. The van der Waals surface area contributed by atoms with Gasteiger partial charge in [0, 0.05) is 12.2 Å². The standard InChI is InChI=1S/C20H26N4O2S2/c1-14(18(25)21-13-12-15-6-4-3-5-7-15)27-20-24-23-19(28-20)22-16-8-10-17(26-2)11-9-16/h6,8-11,14H,3-5,7,12-13H2,1-2H3,(H,21,25)(H,22,23)/t14-/m0/s1. The summed E-state index contributed by atoms with van der Waals surface area (Å²) < 4.78 is 5.93. The summed E-state index contributed by atoms with van der Waals surface area (Å²) in [6, 6.07) is 7.61. The van der Waals surface area contributed by atoms with Gasteiger partial charge in [0.1, 0.15) is 5.75 Å². The molecule has 150 valence electrons. The van der Waals surface area contributed by atoms with Crippen molar-refractivity contribution in [1.82, 2.24) is 15.5 Å². The molecule has 8 heteroatoms. The quantitative estimate of drug-likeness (QED) is 0.451. The minimum Gasteiger partial charge on any atom is -0.497 e. The average Bonchev–Trinajstić information content (AvgIpc) is 3.16. The molecule has 0 unspecified atom stereocenters. The summed E-state index contributed by atoms with van der Waals surface area (Å²) in [5.41, 5.74) is 2.39. The number of nitrogens with zero attached hydrogens (tertiary/aromatic N) is 2. The molecule has 1 amide bonds. The molecule has 6 nitrogen and oxygen atoms in total. The second-order valence-electron chi connectivity index (χ2n) is 6.64. The molecule has 0 aliphatic heterocycles. The molecule has 0 fully saturated rings. The van der Waals surface area contributed by atoms with Gasteiger partial charge < -0.3 is 15.4 Å². The van der Waals surface area contributed by atoms with Gasteiger partial charge in [0.15, 0.2) is 4.34 Å². The van der Waals surface area contributed by atoms with Crippen LogP contribution in [0.4, 0.5) is 10.8 Å². The SMILES string of the molecule is COc1ccc(Nc2nnc(S[C@@H](C)C(=O)NCCC3=CCCCC3)s2)cc1. The molecule has 1 aromatic carbocycles. The van der Waals surface area contributed by atoms with Crippen LogP contribution in [0.3, 0.4) is 0 Å². The molecule has 2 N–H and O–H groups in total. The summed E-state index contributed by atoms with van der Waals surface area (Å²) in [5.74, 6) is 0.847. The number of amides is 1. The zero-order chi connectivity index (χ0) is 19.8. The Hall–Kier alpha value is -2.06. The minimum atomic E-state index is -0.206. The fraction of sp³-hybridized carbons (Fsp3) is 0.450. The number of ether oxygens (including phenoxy) is 1. The lowest BCUT2D eigenvalue weighted by molar-refractivity contribution is -0.120. The van der Waals surface area contributed by atoms with Crippen molar-refractivity contribution in [3.63, 3.8) is 0 Å². The highest BCUT2D eigenvalue weighted by Crippen LogP contribution is 2.30. The number of methoxy groups -OCH3 is 1. The lowest BCUT2D eigenvalue weighted by Crippen LogP contribution is -2.31. The number of carbonyl (C=O) groups is 1. The van der Waals surface area contributed by atoms with Gasteiger partial charge in [0.25, 0.3) is 0 Å². The maximum atomic E-state index is 12.3. The highest BCUT2D eigenvalue weighted by atomic mass is 32.2. The molecule has 0 spiro atoms. The van der Waals surface area contributed by atoms with Crippen molar-refractivity contribution in [3.8, 4) is 5.75 Å². The summed E-state index contributed by atoms with van der Waals surface area (Å²) >= 11 is 2.87. The zero-order valence-corrected chi connectivity index (χ0v) is 17.9. The number of rotatable bonds is 9. The van der Waals surface area contributed by atoms with E-state index < -0.39 is 0 Å². The number of hydrogen-bond acceptors (Lipinski definition) is 7. The van der Waals surface area contributed by atoms with E-state index in [9.17, 15) is 4.79 Å². The van der Waals surface area contributed by atoms with Crippen LogP contribution in [0.5, 0.6) is 5.75 Å². The molecule has 1 heterocycles. The predicted molar refractivity (Wildman–Crippen MR) is 116 cm³/mol. The van der Waals surface area contributed by atoms with Gasteiger partial charge in [0.2, 0.25) is 11.0 Å². The van der Waals surface area contributed by atoms with E-state index in [1.165, 1.54) is 54.4 Å². The molecule has 0 saturated carbocycles. The number of allylic oxidation sites excluding steroid dienone is 1. The van der Waals surface area contributed by atoms with Gasteiger partial charge in [-0.15, -0.1) is 10.2 Å². The van der Waals surface area contributed by atoms with Gasteiger partial charge in [-0.3, -0.25) is 4.79 Å². The summed E-state index contributed by atoms with van der Waals surface area (Å²) in [5, 5.41) is 15.1. The number of aromatic nitrogens is 2. The Labute approximate surface area is 174 Å². The van der Waals surface area contributed by atoms with Crippen LogP contribution in [0.1, 0.15) is 39.0 Å². The van der Waals surface area contributed by atoms with Crippen LogP contribution < -0.4 is 15.4 Å². The fourth-order valence-corrected chi connectivity index (χ4v) is 4.87. The molecule has 28 heavy (non-hydrogen) atoms. The van der Waals surface area contributed by atoms with E-state index in [1.54, 1.807) is 7.11 Å². The van der Waals surface area contributed by atoms with Crippen molar-refractivity contribution in [1.29, 1.82) is 0 Å². The Morgan fingerprint density at radius 3 is 2.82 bits per heavy atom. The monoisotopic (exact) mass is 418 g/mol. The van der Waals surface area contributed by atoms with E-state index in [0.717, 1.165) is 22.2 Å². The van der Waals surface area contributed by atoms with E-state index in [1.807, 2.05) is 31.2 Å². The van der Waals surface area contributed by atoms with Gasteiger partial charge >= 0.3 is 0 Å². The van der Waals surface area contributed by atoms with Crippen LogP contribution in [-0.2, 0) is 4.79 Å². The number of carbonyl (C=O) groups excluding carboxylic acids is 1. The molecule has 1 aromatic heterocycles. The van der Waals surface area contributed by atoms with E-state index in [0.29, 0.717) is 11.7 Å². The van der Waals surface area contributed by atoms with Gasteiger partial charge in [-0.25, -0.2) is 0 Å². The molecule has 1 aliphatic rings. The first-order chi connectivity index (χ1) is 13.6. The molecular weight excluding hydrogens is 392 g/mol. The summed E-state index contributed by atoms with van der Waals surface area (Å²) in [6.45, 7) is 2.60. The van der Waals surface area contributed by atoms with Crippen LogP contribution in [0, 0.1) is 0 Å². The van der Waals surface area contributed by atoms with Crippen molar-refractivity contribution in [2.45, 2.75) is 48.6 Å². The third-order valence-corrected chi connectivity index (χ3v) is 6.55. The Kier molecular flexibility index (Phi) is 7.73. The van der Waals surface area contributed by atoms with Gasteiger partial charge in [-0.05, 0) is 63.3 Å². The highest BCUT2D eigenvalue weighted by molar-refractivity contribution is 8.02. The van der Waals surface area contributed by atoms with Crippen molar-refractivity contribution in [2.75, 3.05) is 19.0 Å². The maximum Gasteiger partial charge on any atom is 0.233 e. The lowest BCUT2D eigenvalue weighted by Gasteiger charge is -2.14. The van der Waals surface area contributed by atoms with Gasteiger partial charge in [-0.2, -0.15) is 0 Å². The molecular formula is C20H26N4O2S2. The second-order valence-corrected chi connectivity index (χ2v) is 9.20. The maximum absolute atomic E-state index is 12.3. The number of benzene rings is 1. The smallest absolute Gasteiger partial charge is 0.233 e. The first-order valence-corrected chi connectivity index (χ1v) is 11.2. The number of anilines is 2. The van der Waals surface area contributed by atoms with Crippen molar-refractivity contribution in [2.24, 2.45) is 0 Å². The van der Waals surface area contributed by atoms with Crippen LogP contribution in [0.2, 0.25) is 0 Å². The van der Waals surface area contributed by atoms with Crippen LogP contribution >= 0.6 is 23.1 Å². The Bertz CT molecular complexity index is 805. The molecule has 0 bridgehead atoms. The van der Waals surface area contributed by atoms with Crippen molar-refractivity contribution < 1.29 is 9.53 Å². The summed E-state index contributed by atoms with van der Waals surface area (Å²) in [7, 11) is 1.64. The topological polar surface area (TPSA) is 76.1 Å². The first-order valence-electron chi connectivity index (χ1n) is 9.51. The lowest BCUT2D eigenvalue weighted by atomic mass is 9.97. The normalized spacial score (nSPS) is 14.9. The Morgan fingerprint density at radius 2 is 2.11 bits per heavy atom. The predicted octanol–water partition coefficient (Wildman–Crippen LogP) is 4.78. The van der Waals surface area contributed by atoms with Crippen molar-refractivity contribution in [3.05, 3.63) is 35.9 Å². The minimum absolute atomic E-state index is 0.0428. The Morgan fingerprint density at radius 1 is 1.29 bits per heavy atom. The number of thioether (sulfide) groups is 1. The second kappa shape index (κ2) is 10.5. The van der Waals surface area contributed by atoms with Gasteiger partial charge in [0.05, 0.1) is 12.4 Å². The summed E-state index contributed by atoms with van der Waals surface area (Å²) in [6.07, 6.45) is 8.20. The molecule has 1 atom stereocenters. The van der Waals surface area contributed by atoms with Crippen LogP contribution in [0.15, 0.2) is 40.3 Å². The molecule has 3 rings (SSSR count). The van der Waals surface area contributed by atoms with E-state index in [4.69, 9.17) is 4.74 Å². The van der Waals surface area contributed by atoms with Crippen LogP contribution in [-0.4, -0.2) is 35.0 Å². The largest absolute Gasteiger partial charge is 0.497 e. The van der Waals surface area contributed by atoms with Crippen LogP contribution in [0.25, 0.3) is 0 Å². The van der Waals surface area contributed by atoms with E-state index >= 15 is 0 Å². The summed E-state index contributed by atoms with van der Waals surface area (Å²) in [4.78, 5) is 12.3. The Balaban J connectivity index is 1.43. The van der Waals surface area contributed by atoms with E-state index in [-0.39, 0.29) is 11.2 Å². The van der Waals surface area contributed by atoms with E-state index in [2.05, 4.69) is 26.9 Å². The average molecular weight is 419 g/mol. The molecule has 0 saturated heterocycles. The van der Waals surface area contributed by atoms with Gasteiger partial charge in [-0.1, -0.05) is 34.7 Å². The highest BCUT2D eigenvalue weighted by Gasteiger charge is 2.17. The zero-order valence-electron chi connectivity index (χ0n) is 16.2.